The lowest BCUT2D eigenvalue weighted by molar-refractivity contribution is -0.134. The standard InChI is InChI=1S/C18H27ClN2O2/c1-14-6-4-5-11-21(14)12-18(22)20(3)15(2)13-23-17-9-7-16(19)8-10-17/h7-10,14-15H,4-6,11-13H2,1-3H3. The van der Waals surface area contributed by atoms with E-state index >= 15 is 0 Å². The van der Waals surface area contributed by atoms with Crippen molar-refractivity contribution in [2.75, 3.05) is 26.7 Å². The highest BCUT2D eigenvalue weighted by atomic mass is 35.5. The number of benzene rings is 1. The van der Waals surface area contributed by atoms with Crippen molar-refractivity contribution in [1.29, 1.82) is 0 Å². The number of hydrogen-bond acceptors (Lipinski definition) is 3. The molecule has 2 rings (SSSR count). The van der Waals surface area contributed by atoms with Gasteiger partial charge in [0.15, 0.2) is 0 Å². The first-order valence-electron chi connectivity index (χ1n) is 8.35. The highest BCUT2D eigenvalue weighted by Gasteiger charge is 2.24. The summed E-state index contributed by atoms with van der Waals surface area (Å²) in [7, 11) is 1.85. The van der Waals surface area contributed by atoms with Gasteiger partial charge < -0.3 is 9.64 Å². The average Bonchev–Trinajstić information content (AvgIpc) is 2.55. The van der Waals surface area contributed by atoms with Gasteiger partial charge in [0.05, 0.1) is 12.6 Å². The normalized spacial score (nSPS) is 20.1. The molecule has 0 radical (unpaired) electrons. The molecule has 0 N–H and O–H groups in total. The fourth-order valence-corrected chi connectivity index (χ4v) is 2.91. The number of halogens is 1. The fraction of sp³-hybridized carbons (Fsp3) is 0.611. The lowest BCUT2D eigenvalue weighted by Gasteiger charge is -2.35. The third-order valence-corrected chi connectivity index (χ3v) is 4.89. The number of likely N-dealkylation sites (N-methyl/N-ethyl adjacent to an activating group) is 1. The summed E-state index contributed by atoms with van der Waals surface area (Å²) in [4.78, 5) is 16.5. The molecule has 1 aliphatic rings. The molecule has 0 aliphatic carbocycles. The van der Waals surface area contributed by atoms with Gasteiger partial charge in [-0.25, -0.2) is 0 Å². The Morgan fingerprint density at radius 3 is 2.74 bits per heavy atom. The van der Waals surface area contributed by atoms with Crippen LogP contribution in [0.15, 0.2) is 24.3 Å². The van der Waals surface area contributed by atoms with Gasteiger partial charge in [0, 0.05) is 18.1 Å². The molecular weight excluding hydrogens is 312 g/mol. The summed E-state index contributed by atoms with van der Waals surface area (Å²) in [5.74, 6) is 0.928. The number of piperidine rings is 1. The Hall–Kier alpha value is -1.26. The van der Waals surface area contributed by atoms with Gasteiger partial charge in [-0.15, -0.1) is 0 Å². The minimum atomic E-state index is 0.0262. The van der Waals surface area contributed by atoms with Crippen LogP contribution < -0.4 is 4.74 Å². The molecular formula is C18H27ClN2O2. The van der Waals surface area contributed by atoms with E-state index < -0.39 is 0 Å². The molecule has 0 saturated carbocycles. The second-order valence-corrected chi connectivity index (χ2v) is 6.87. The van der Waals surface area contributed by atoms with Crippen LogP contribution >= 0.6 is 11.6 Å². The van der Waals surface area contributed by atoms with Crippen molar-refractivity contribution < 1.29 is 9.53 Å². The maximum absolute atomic E-state index is 12.5. The Morgan fingerprint density at radius 2 is 2.09 bits per heavy atom. The predicted molar refractivity (Wildman–Crippen MR) is 94.1 cm³/mol. The van der Waals surface area contributed by atoms with E-state index in [1.54, 1.807) is 17.0 Å². The van der Waals surface area contributed by atoms with Gasteiger partial charge in [-0.05, 0) is 57.5 Å². The molecule has 0 spiro atoms. The van der Waals surface area contributed by atoms with Crippen molar-refractivity contribution in [1.82, 2.24) is 9.80 Å². The van der Waals surface area contributed by atoms with Crippen molar-refractivity contribution in [3.8, 4) is 5.75 Å². The topological polar surface area (TPSA) is 32.8 Å². The highest BCUT2D eigenvalue weighted by Crippen LogP contribution is 2.17. The molecule has 1 fully saturated rings. The van der Waals surface area contributed by atoms with Crippen LogP contribution in [0.5, 0.6) is 5.75 Å². The Bertz CT molecular complexity index is 506. The van der Waals surface area contributed by atoms with Gasteiger partial charge in [0.1, 0.15) is 12.4 Å². The fourth-order valence-electron chi connectivity index (χ4n) is 2.78. The molecule has 128 valence electrons. The molecule has 2 atom stereocenters. The Labute approximate surface area is 144 Å². The van der Waals surface area contributed by atoms with Crippen LogP contribution in [0.1, 0.15) is 33.1 Å². The number of likely N-dealkylation sites (tertiary alicyclic amines) is 1. The maximum atomic E-state index is 12.5. The van der Waals surface area contributed by atoms with E-state index in [0.717, 1.165) is 12.3 Å². The van der Waals surface area contributed by atoms with E-state index in [-0.39, 0.29) is 11.9 Å². The number of rotatable bonds is 6. The Balaban J connectivity index is 1.79. The SMILES string of the molecule is CC1CCCCN1CC(=O)N(C)C(C)COc1ccc(Cl)cc1. The third-order valence-electron chi connectivity index (χ3n) is 4.64. The maximum Gasteiger partial charge on any atom is 0.236 e. The van der Waals surface area contributed by atoms with Gasteiger partial charge in [-0.3, -0.25) is 9.69 Å². The largest absolute Gasteiger partial charge is 0.491 e. The summed E-state index contributed by atoms with van der Waals surface area (Å²) in [6, 6.07) is 7.81. The number of carbonyl (C=O) groups is 1. The zero-order valence-electron chi connectivity index (χ0n) is 14.3. The van der Waals surface area contributed by atoms with Crippen LogP contribution in [0.3, 0.4) is 0 Å². The summed E-state index contributed by atoms with van der Waals surface area (Å²) in [5, 5.41) is 0.688. The molecule has 1 aliphatic heterocycles. The molecule has 1 saturated heterocycles. The van der Waals surface area contributed by atoms with E-state index in [2.05, 4.69) is 11.8 Å². The van der Waals surface area contributed by atoms with E-state index in [1.165, 1.54) is 19.3 Å². The van der Waals surface area contributed by atoms with Crippen molar-refractivity contribution >= 4 is 17.5 Å². The number of hydrogen-bond donors (Lipinski definition) is 0. The second-order valence-electron chi connectivity index (χ2n) is 6.43. The third kappa shape index (κ3) is 5.40. The first kappa shape index (κ1) is 18.1. The number of carbonyl (C=O) groups excluding carboxylic acids is 1. The minimum Gasteiger partial charge on any atom is -0.491 e. The van der Waals surface area contributed by atoms with Crippen LogP contribution in [0, 0.1) is 0 Å². The molecule has 0 bridgehead atoms. The van der Waals surface area contributed by atoms with Gasteiger partial charge >= 0.3 is 0 Å². The molecule has 2 unspecified atom stereocenters. The lowest BCUT2D eigenvalue weighted by Crippen LogP contribution is -2.47. The van der Waals surface area contributed by atoms with Crippen molar-refractivity contribution in [3.63, 3.8) is 0 Å². The summed E-state index contributed by atoms with van der Waals surface area (Å²) in [6.07, 6.45) is 3.65. The molecule has 1 aromatic rings. The molecule has 1 amide bonds. The molecule has 1 heterocycles. The highest BCUT2D eigenvalue weighted by molar-refractivity contribution is 6.30. The van der Waals surface area contributed by atoms with Crippen molar-refractivity contribution in [3.05, 3.63) is 29.3 Å². The van der Waals surface area contributed by atoms with Gasteiger partial charge in [0.2, 0.25) is 5.91 Å². The average molecular weight is 339 g/mol. The number of amides is 1. The first-order valence-corrected chi connectivity index (χ1v) is 8.73. The summed E-state index contributed by atoms with van der Waals surface area (Å²) < 4.78 is 5.74. The summed E-state index contributed by atoms with van der Waals surface area (Å²) in [5.41, 5.74) is 0. The zero-order valence-corrected chi connectivity index (χ0v) is 15.1. The molecule has 4 nitrogen and oxygen atoms in total. The second kappa shape index (κ2) is 8.55. The summed E-state index contributed by atoms with van der Waals surface area (Å²) >= 11 is 5.86. The van der Waals surface area contributed by atoms with Crippen LogP contribution in [0.4, 0.5) is 0 Å². The quantitative estimate of drug-likeness (QED) is 0.796. The van der Waals surface area contributed by atoms with Crippen LogP contribution in [0.25, 0.3) is 0 Å². The van der Waals surface area contributed by atoms with E-state index in [4.69, 9.17) is 16.3 Å². The first-order chi connectivity index (χ1) is 11.0. The minimum absolute atomic E-state index is 0.0262. The van der Waals surface area contributed by atoms with Crippen molar-refractivity contribution in [2.45, 2.75) is 45.2 Å². The van der Waals surface area contributed by atoms with E-state index in [1.807, 2.05) is 26.1 Å². The van der Waals surface area contributed by atoms with Gasteiger partial charge in [-0.1, -0.05) is 18.0 Å². The molecule has 5 heteroatoms. The van der Waals surface area contributed by atoms with Gasteiger partial charge in [-0.2, -0.15) is 0 Å². The predicted octanol–water partition coefficient (Wildman–Crippen LogP) is 3.44. The van der Waals surface area contributed by atoms with Crippen LogP contribution in [-0.4, -0.2) is 54.5 Å². The summed E-state index contributed by atoms with van der Waals surface area (Å²) in [6.45, 7) is 6.21. The smallest absolute Gasteiger partial charge is 0.236 e. The Morgan fingerprint density at radius 1 is 1.39 bits per heavy atom. The molecule has 23 heavy (non-hydrogen) atoms. The van der Waals surface area contributed by atoms with E-state index in [0.29, 0.717) is 24.2 Å². The van der Waals surface area contributed by atoms with Gasteiger partial charge in [0.25, 0.3) is 0 Å². The monoisotopic (exact) mass is 338 g/mol. The lowest BCUT2D eigenvalue weighted by atomic mass is 10.0. The van der Waals surface area contributed by atoms with Crippen LogP contribution in [0.2, 0.25) is 5.02 Å². The van der Waals surface area contributed by atoms with E-state index in [9.17, 15) is 4.79 Å². The number of ether oxygens (including phenoxy) is 1. The number of nitrogens with zero attached hydrogens (tertiary/aromatic N) is 2. The molecule has 1 aromatic carbocycles. The van der Waals surface area contributed by atoms with Crippen LogP contribution in [-0.2, 0) is 4.79 Å². The molecule has 0 aromatic heterocycles. The Kier molecular flexibility index (Phi) is 6.72. The zero-order chi connectivity index (χ0) is 16.8. The van der Waals surface area contributed by atoms with Crippen molar-refractivity contribution in [2.24, 2.45) is 0 Å².